The van der Waals surface area contributed by atoms with Gasteiger partial charge in [0.15, 0.2) is 11.6 Å². The first kappa shape index (κ1) is 22.7. The molecule has 0 radical (unpaired) electrons. The molecule has 0 unspecified atom stereocenters. The first-order chi connectivity index (χ1) is 17.4. The summed E-state index contributed by atoms with van der Waals surface area (Å²) in [5.74, 6) is 1.09. The number of alkyl halides is 3. The fraction of sp³-hybridized carbons (Fsp3) is 0.476. The van der Waals surface area contributed by atoms with E-state index in [9.17, 15) is 13.2 Å². The van der Waals surface area contributed by atoms with Gasteiger partial charge in [0.2, 0.25) is 0 Å². The van der Waals surface area contributed by atoms with Crippen LogP contribution in [0.2, 0.25) is 0 Å². The molecule has 15 heteroatoms. The van der Waals surface area contributed by atoms with Gasteiger partial charge in [0.25, 0.3) is 0 Å². The van der Waals surface area contributed by atoms with Gasteiger partial charge in [-0.05, 0) is 18.9 Å². The molecule has 1 saturated carbocycles. The number of nitrogens with one attached hydrogen (secondary N) is 2. The van der Waals surface area contributed by atoms with Gasteiger partial charge in [-0.15, -0.1) is 5.10 Å². The quantitative estimate of drug-likeness (QED) is 0.371. The lowest BCUT2D eigenvalue weighted by molar-refractivity contribution is -0.181. The summed E-state index contributed by atoms with van der Waals surface area (Å²) in [5, 5.41) is 22.2. The predicted molar refractivity (Wildman–Crippen MR) is 117 cm³/mol. The number of nitrogens with zero attached hydrogens (tertiary/aromatic N) is 7. The maximum Gasteiger partial charge on any atom is 0.412 e. The van der Waals surface area contributed by atoms with Crippen LogP contribution in [0.1, 0.15) is 36.8 Å². The molecule has 5 heterocycles. The van der Waals surface area contributed by atoms with E-state index in [0.717, 1.165) is 22.1 Å². The molecular weight excluding hydrogens is 483 g/mol. The zero-order valence-corrected chi connectivity index (χ0v) is 19.1. The van der Waals surface area contributed by atoms with Crippen molar-refractivity contribution in [3.63, 3.8) is 0 Å². The number of methoxy groups -OCH3 is 1. The van der Waals surface area contributed by atoms with E-state index in [1.807, 2.05) is 6.07 Å². The number of aromatic nitrogens is 8. The summed E-state index contributed by atoms with van der Waals surface area (Å²) in [4.78, 5) is 4.37. The van der Waals surface area contributed by atoms with E-state index in [-0.39, 0.29) is 31.6 Å². The molecule has 190 valence electrons. The SMILES string of the molecule is COCc1cc2c(Nc3cc([C@H]4C[C@@H](Oc5nncn5C5(C(F)(F)F)CC5)CO4)[nH]n3)nccn2n1. The summed E-state index contributed by atoms with van der Waals surface area (Å²) in [6.45, 7) is 0.570. The lowest BCUT2D eigenvalue weighted by Crippen LogP contribution is -2.35. The molecule has 4 aromatic heterocycles. The molecule has 0 amide bonds. The van der Waals surface area contributed by atoms with E-state index in [0.29, 0.717) is 30.4 Å². The molecule has 2 aliphatic rings. The largest absolute Gasteiger partial charge is 0.458 e. The van der Waals surface area contributed by atoms with Crippen LogP contribution in [0.3, 0.4) is 0 Å². The summed E-state index contributed by atoms with van der Waals surface area (Å²) in [7, 11) is 1.60. The molecule has 2 atom stereocenters. The molecule has 12 nitrogen and oxygen atoms in total. The maximum atomic E-state index is 13.5. The molecule has 0 spiro atoms. The first-order valence-electron chi connectivity index (χ1n) is 11.3. The number of anilines is 2. The Labute approximate surface area is 201 Å². The lowest BCUT2D eigenvalue weighted by atomic mass is 10.1. The molecule has 0 aromatic carbocycles. The van der Waals surface area contributed by atoms with Crippen LogP contribution in [0.25, 0.3) is 5.52 Å². The monoisotopic (exact) mass is 505 g/mol. The van der Waals surface area contributed by atoms with E-state index in [1.54, 1.807) is 30.1 Å². The van der Waals surface area contributed by atoms with Crippen LogP contribution in [-0.2, 0) is 21.6 Å². The van der Waals surface area contributed by atoms with Gasteiger partial charge in [-0.1, -0.05) is 5.10 Å². The molecule has 1 aliphatic heterocycles. The van der Waals surface area contributed by atoms with Gasteiger partial charge in [0.1, 0.15) is 29.6 Å². The van der Waals surface area contributed by atoms with Crippen molar-refractivity contribution in [3.8, 4) is 6.01 Å². The van der Waals surface area contributed by atoms with E-state index in [2.05, 4.69) is 35.8 Å². The summed E-state index contributed by atoms with van der Waals surface area (Å²) < 4.78 is 60.0. The Morgan fingerprint density at radius 2 is 2.17 bits per heavy atom. The Balaban J connectivity index is 1.12. The van der Waals surface area contributed by atoms with Crippen LogP contribution < -0.4 is 10.1 Å². The van der Waals surface area contributed by atoms with Crippen LogP contribution in [-0.4, -0.2) is 65.6 Å². The van der Waals surface area contributed by atoms with Crippen molar-refractivity contribution in [2.45, 2.75) is 49.8 Å². The minimum absolute atomic E-state index is 0.0197. The highest BCUT2D eigenvalue weighted by atomic mass is 19.4. The van der Waals surface area contributed by atoms with E-state index in [1.165, 1.54) is 0 Å². The fourth-order valence-corrected chi connectivity index (χ4v) is 4.40. The highest BCUT2D eigenvalue weighted by molar-refractivity contribution is 5.72. The van der Waals surface area contributed by atoms with Crippen molar-refractivity contribution in [1.82, 2.24) is 39.6 Å². The van der Waals surface area contributed by atoms with Crippen LogP contribution in [0.4, 0.5) is 24.8 Å². The van der Waals surface area contributed by atoms with Crippen LogP contribution in [0.5, 0.6) is 6.01 Å². The number of hydrogen-bond acceptors (Lipinski definition) is 9. The third kappa shape index (κ3) is 3.93. The summed E-state index contributed by atoms with van der Waals surface area (Å²) >= 11 is 0. The first-order valence-corrected chi connectivity index (χ1v) is 11.3. The minimum atomic E-state index is -4.40. The number of fused-ring (bicyclic) bond motifs is 1. The van der Waals surface area contributed by atoms with Crippen molar-refractivity contribution in [2.24, 2.45) is 0 Å². The Hall–Kier alpha value is -3.72. The smallest absolute Gasteiger partial charge is 0.412 e. The van der Waals surface area contributed by atoms with Crippen molar-refractivity contribution in [2.75, 3.05) is 19.0 Å². The van der Waals surface area contributed by atoms with Gasteiger partial charge >= 0.3 is 12.2 Å². The molecule has 0 bridgehead atoms. The van der Waals surface area contributed by atoms with Crippen LogP contribution in [0, 0.1) is 0 Å². The Morgan fingerprint density at radius 3 is 2.94 bits per heavy atom. The number of H-pyrrole nitrogens is 1. The number of halogens is 3. The second-order valence-corrected chi connectivity index (χ2v) is 8.82. The summed E-state index contributed by atoms with van der Waals surface area (Å²) in [5.41, 5.74) is 0.238. The van der Waals surface area contributed by atoms with Crippen molar-refractivity contribution >= 4 is 17.2 Å². The molecule has 1 aliphatic carbocycles. The highest BCUT2D eigenvalue weighted by Gasteiger charge is 2.66. The molecule has 1 saturated heterocycles. The number of aromatic amines is 1. The van der Waals surface area contributed by atoms with Crippen molar-refractivity contribution < 1.29 is 27.4 Å². The second-order valence-electron chi connectivity index (χ2n) is 8.82. The van der Waals surface area contributed by atoms with Crippen LogP contribution in [0.15, 0.2) is 30.9 Å². The van der Waals surface area contributed by atoms with Crippen molar-refractivity contribution in [3.05, 3.63) is 42.2 Å². The lowest BCUT2D eigenvalue weighted by Gasteiger charge is -2.22. The Kier molecular flexibility index (Phi) is 5.33. The van der Waals surface area contributed by atoms with Crippen LogP contribution >= 0.6 is 0 Å². The third-order valence-corrected chi connectivity index (χ3v) is 6.38. The number of hydrogen-bond donors (Lipinski definition) is 2. The summed E-state index contributed by atoms with van der Waals surface area (Å²) in [6, 6.07) is 3.51. The van der Waals surface area contributed by atoms with Crippen molar-refractivity contribution in [1.29, 1.82) is 0 Å². The molecule has 4 aromatic rings. The number of ether oxygens (including phenoxy) is 3. The number of rotatable bonds is 8. The Bertz CT molecular complexity index is 1380. The topological polar surface area (TPSA) is 129 Å². The standard InChI is InChI=1S/C21H22F3N9O3/c1-34-9-12-6-15-18(25-4-5-33(15)31-12)27-17-8-14(28-29-17)16-7-13(10-35-16)36-19-30-26-11-32(19)20(2-3-20)21(22,23)24/h4-6,8,11,13,16H,2-3,7,9-10H2,1H3,(H2,25,27,28,29)/t13-,16-/m1/s1. The van der Waals surface area contributed by atoms with Gasteiger partial charge in [-0.3, -0.25) is 9.67 Å². The maximum absolute atomic E-state index is 13.5. The average molecular weight is 505 g/mol. The average Bonchev–Trinajstić information content (AvgIpc) is 3.28. The predicted octanol–water partition coefficient (Wildman–Crippen LogP) is 2.89. The van der Waals surface area contributed by atoms with E-state index in [4.69, 9.17) is 14.2 Å². The zero-order valence-electron chi connectivity index (χ0n) is 19.1. The van der Waals surface area contributed by atoms with Gasteiger partial charge in [0.05, 0.1) is 24.6 Å². The van der Waals surface area contributed by atoms with Gasteiger partial charge < -0.3 is 19.5 Å². The normalized spacial score (nSPS) is 21.2. The molecule has 2 N–H and O–H groups in total. The van der Waals surface area contributed by atoms with E-state index >= 15 is 0 Å². The zero-order chi connectivity index (χ0) is 24.9. The summed E-state index contributed by atoms with van der Waals surface area (Å²) in [6.07, 6.45) is -0.457. The molecule has 2 fully saturated rings. The van der Waals surface area contributed by atoms with Gasteiger partial charge in [-0.25, -0.2) is 9.50 Å². The molecule has 6 rings (SSSR count). The van der Waals surface area contributed by atoms with E-state index < -0.39 is 17.8 Å². The molecular formula is C21H22F3N9O3. The molecule has 36 heavy (non-hydrogen) atoms. The van der Waals surface area contributed by atoms with Gasteiger partial charge in [-0.2, -0.15) is 23.4 Å². The third-order valence-electron chi connectivity index (χ3n) is 6.38. The minimum Gasteiger partial charge on any atom is -0.458 e. The highest BCUT2D eigenvalue weighted by Crippen LogP contribution is 2.56. The fourth-order valence-electron chi connectivity index (χ4n) is 4.40. The second kappa shape index (κ2) is 8.44. The van der Waals surface area contributed by atoms with Gasteiger partial charge in [0, 0.05) is 32.0 Å². The Morgan fingerprint density at radius 1 is 1.31 bits per heavy atom.